The van der Waals surface area contributed by atoms with E-state index in [4.69, 9.17) is 0 Å². The third kappa shape index (κ3) is 2.59. The molecule has 0 radical (unpaired) electrons. The molecule has 0 amide bonds. The Morgan fingerprint density at radius 1 is 1.00 bits per heavy atom. The minimum absolute atomic E-state index is 0.0279. The number of aromatic nitrogens is 5. The lowest BCUT2D eigenvalue weighted by Gasteiger charge is -2.12. The molecule has 1 N–H and O–H groups in total. The first kappa shape index (κ1) is 13.5. The van der Waals surface area contributed by atoms with Gasteiger partial charge in [0, 0.05) is 24.2 Å². The van der Waals surface area contributed by atoms with Gasteiger partial charge in [0.25, 0.3) is 0 Å². The lowest BCUT2D eigenvalue weighted by Crippen LogP contribution is -2.13. The Bertz CT molecular complexity index is 744. The van der Waals surface area contributed by atoms with Crippen molar-refractivity contribution in [2.75, 3.05) is 0 Å². The lowest BCUT2D eigenvalue weighted by molar-refractivity contribution is 0.548. The summed E-state index contributed by atoms with van der Waals surface area (Å²) in [7, 11) is 1.94. The van der Waals surface area contributed by atoms with Crippen LogP contribution in [0.3, 0.4) is 0 Å². The van der Waals surface area contributed by atoms with Crippen molar-refractivity contribution in [3.05, 3.63) is 42.4 Å². The van der Waals surface area contributed by atoms with E-state index >= 15 is 0 Å². The molecule has 2 heterocycles. The zero-order valence-corrected chi connectivity index (χ0v) is 12.8. The Morgan fingerprint density at radius 3 is 2.19 bits per heavy atom. The molecule has 1 aromatic carbocycles. The number of nitrogens with zero attached hydrogens (tertiary/aromatic N) is 4. The first-order chi connectivity index (χ1) is 9.95. The van der Waals surface area contributed by atoms with E-state index in [1.54, 1.807) is 6.20 Å². The van der Waals surface area contributed by atoms with Crippen LogP contribution in [0.1, 0.15) is 26.6 Å². The van der Waals surface area contributed by atoms with Crippen molar-refractivity contribution in [1.82, 2.24) is 25.0 Å². The van der Waals surface area contributed by atoms with Crippen LogP contribution in [0.4, 0.5) is 0 Å². The highest BCUT2D eigenvalue weighted by Gasteiger charge is 2.19. The summed E-state index contributed by atoms with van der Waals surface area (Å²) in [5.74, 6) is 1.63. The maximum Gasteiger partial charge on any atom is 0.181 e. The first-order valence-corrected chi connectivity index (χ1v) is 6.97. The number of hydrogen-bond acceptors (Lipinski definition) is 3. The highest BCUT2D eigenvalue weighted by molar-refractivity contribution is 5.65. The van der Waals surface area contributed by atoms with Crippen molar-refractivity contribution in [1.29, 1.82) is 0 Å². The standard InChI is InChI=1S/C16H19N5/c1-16(2,3)15-18-14(19-20-15)12-7-5-11(6-8-12)13-9-10-17-21(13)4/h5-10H,1-4H3,(H,18,19,20). The van der Waals surface area contributed by atoms with Crippen molar-refractivity contribution in [3.63, 3.8) is 0 Å². The first-order valence-electron chi connectivity index (χ1n) is 6.97. The second-order valence-corrected chi connectivity index (χ2v) is 6.18. The molecule has 0 unspecified atom stereocenters. The van der Waals surface area contributed by atoms with E-state index in [2.05, 4.69) is 53.2 Å². The van der Waals surface area contributed by atoms with Gasteiger partial charge in [0.2, 0.25) is 0 Å². The van der Waals surface area contributed by atoms with Crippen LogP contribution in [0.15, 0.2) is 36.5 Å². The molecule has 5 heteroatoms. The van der Waals surface area contributed by atoms with Crippen LogP contribution < -0.4 is 0 Å². The van der Waals surface area contributed by atoms with Gasteiger partial charge in [-0.2, -0.15) is 10.2 Å². The minimum atomic E-state index is -0.0279. The minimum Gasteiger partial charge on any atom is -0.268 e. The zero-order chi connectivity index (χ0) is 15.0. The van der Waals surface area contributed by atoms with Gasteiger partial charge in [0.15, 0.2) is 5.82 Å². The number of aromatic amines is 1. The normalized spacial score (nSPS) is 11.8. The van der Waals surface area contributed by atoms with Crippen LogP contribution in [-0.2, 0) is 12.5 Å². The summed E-state index contributed by atoms with van der Waals surface area (Å²) >= 11 is 0. The number of rotatable bonds is 2. The van der Waals surface area contributed by atoms with Gasteiger partial charge in [-0.1, -0.05) is 45.0 Å². The molecule has 0 spiro atoms. The van der Waals surface area contributed by atoms with Gasteiger partial charge in [-0.3, -0.25) is 9.78 Å². The van der Waals surface area contributed by atoms with Gasteiger partial charge < -0.3 is 0 Å². The fraction of sp³-hybridized carbons (Fsp3) is 0.312. The Balaban J connectivity index is 1.91. The largest absolute Gasteiger partial charge is 0.268 e. The maximum atomic E-state index is 4.58. The highest BCUT2D eigenvalue weighted by Crippen LogP contribution is 2.24. The molecule has 0 saturated heterocycles. The van der Waals surface area contributed by atoms with Gasteiger partial charge >= 0.3 is 0 Å². The average Bonchev–Trinajstić information content (AvgIpc) is 3.07. The second-order valence-electron chi connectivity index (χ2n) is 6.18. The Morgan fingerprint density at radius 2 is 1.67 bits per heavy atom. The third-order valence-corrected chi connectivity index (χ3v) is 3.46. The molecular weight excluding hydrogens is 262 g/mol. The van der Waals surface area contributed by atoms with Crippen molar-refractivity contribution < 1.29 is 0 Å². The predicted octanol–water partition coefficient (Wildman–Crippen LogP) is 3.17. The molecule has 0 fully saturated rings. The third-order valence-electron chi connectivity index (χ3n) is 3.46. The Labute approximate surface area is 124 Å². The van der Waals surface area contributed by atoms with E-state index in [0.717, 1.165) is 28.5 Å². The predicted molar refractivity (Wildman–Crippen MR) is 82.7 cm³/mol. The Kier molecular flexibility index (Phi) is 3.12. The smallest absolute Gasteiger partial charge is 0.181 e. The number of nitrogens with one attached hydrogen (secondary N) is 1. The summed E-state index contributed by atoms with van der Waals surface area (Å²) in [6.07, 6.45) is 1.80. The molecule has 0 aliphatic heterocycles. The number of benzene rings is 1. The molecule has 0 bridgehead atoms. The monoisotopic (exact) mass is 281 g/mol. The zero-order valence-electron chi connectivity index (χ0n) is 12.8. The number of H-pyrrole nitrogens is 1. The molecule has 108 valence electrons. The molecule has 21 heavy (non-hydrogen) atoms. The van der Waals surface area contributed by atoms with Crippen LogP contribution in [0.5, 0.6) is 0 Å². The fourth-order valence-electron chi connectivity index (χ4n) is 2.17. The molecule has 2 aromatic heterocycles. The van der Waals surface area contributed by atoms with Gasteiger partial charge in [-0.25, -0.2) is 4.98 Å². The number of aryl methyl sites for hydroxylation is 1. The summed E-state index contributed by atoms with van der Waals surface area (Å²) in [6.45, 7) is 6.34. The summed E-state index contributed by atoms with van der Waals surface area (Å²) in [5, 5.41) is 11.5. The molecule has 0 saturated carbocycles. The van der Waals surface area contributed by atoms with Crippen LogP contribution >= 0.6 is 0 Å². The lowest BCUT2D eigenvalue weighted by atomic mass is 9.96. The van der Waals surface area contributed by atoms with Gasteiger partial charge in [0.05, 0.1) is 5.69 Å². The second kappa shape index (κ2) is 4.84. The topological polar surface area (TPSA) is 59.4 Å². The molecule has 0 aliphatic carbocycles. The quantitative estimate of drug-likeness (QED) is 0.785. The van der Waals surface area contributed by atoms with Crippen molar-refractivity contribution in [3.8, 4) is 22.6 Å². The Hall–Kier alpha value is -2.43. The van der Waals surface area contributed by atoms with Crippen LogP contribution in [0, 0.1) is 0 Å². The van der Waals surface area contributed by atoms with Crippen molar-refractivity contribution >= 4 is 0 Å². The maximum absolute atomic E-state index is 4.58. The van der Waals surface area contributed by atoms with Crippen LogP contribution in [-0.4, -0.2) is 25.0 Å². The van der Waals surface area contributed by atoms with Crippen molar-refractivity contribution in [2.45, 2.75) is 26.2 Å². The van der Waals surface area contributed by atoms with Gasteiger partial charge in [-0.05, 0) is 11.6 Å². The fourth-order valence-corrected chi connectivity index (χ4v) is 2.17. The van der Waals surface area contributed by atoms with E-state index < -0.39 is 0 Å². The van der Waals surface area contributed by atoms with E-state index in [1.165, 1.54) is 0 Å². The average molecular weight is 281 g/mol. The summed E-state index contributed by atoms with van der Waals surface area (Å²) < 4.78 is 1.86. The van der Waals surface area contributed by atoms with Crippen LogP contribution in [0.2, 0.25) is 0 Å². The highest BCUT2D eigenvalue weighted by atomic mass is 15.3. The van der Waals surface area contributed by atoms with E-state index in [-0.39, 0.29) is 5.41 Å². The summed E-state index contributed by atoms with van der Waals surface area (Å²) in [6, 6.07) is 10.2. The van der Waals surface area contributed by atoms with Gasteiger partial charge in [0.1, 0.15) is 5.82 Å². The number of hydrogen-bond donors (Lipinski definition) is 1. The molecule has 0 atom stereocenters. The molecule has 0 aliphatic rings. The van der Waals surface area contributed by atoms with E-state index in [1.807, 2.05) is 29.9 Å². The van der Waals surface area contributed by atoms with Crippen molar-refractivity contribution in [2.24, 2.45) is 7.05 Å². The summed E-state index contributed by atoms with van der Waals surface area (Å²) in [4.78, 5) is 4.58. The molecular formula is C16H19N5. The van der Waals surface area contributed by atoms with E-state index in [9.17, 15) is 0 Å². The summed E-state index contributed by atoms with van der Waals surface area (Å²) in [5.41, 5.74) is 3.20. The molecule has 3 rings (SSSR count). The SMILES string of the molecule is Cn1nccc1-c1ccc(-c2n[nH]c(C(C)(C)C)n2)cc1. The molecule has 3 aromatic rings. The van der Waals surface area contributed by atoms with E-state index in [0.29, 0.717) is 0 Å². The van der Waals surface area contributed by atoms with Gasteiger partial charge in [-0.15, -0.1) is 0 Å². The molecule has 5 nitrogen and oxygen atoms in total. The van der Waals surface area contributed by atoms with Crippen LogP contribution in [0.25, 0.3) is 22.6 Å².